The Kier molecular flexibility index (Phi) is 2.38. The van der Waals surface area contributed by atoms with Gasteiger partial charge in [0, 0.05) is 22.3 Å². The second-order valence-corrected chi connectivity index (χ2v) is 4.33. The summed E-state index contributed by atoms with van der Waals surface area (Å²) >= 11 is 6.19. The average Bonchev–Trinajstić information content (AvgIpc) is 2.66. The second-order valence-electron chi connectivity index (χ2n) is 3.92. The summed E-state index contributed by atoms with van der Waals surface area (Å²) in [6, 6.07) is 7.49. The third kappa shape index (κ3) is 1.50. The maximum absolute atomic E-state index is 6.19. The van der Waals surface area contributed by atoms with Gasteiger partial charge in [-0.3, -0.25) is 4.98 Å². The Morgan fingerprint density at radius 1 is 1.06 bits per heavy atom. The van der Waals surface area contributed by atoms with E-state index in [4.69, 9.17) is 27.5 Å². The van der Waals surface area contributed by atoms with Crippen molar-refractivity contribution in [3.63, 3.8) is 0 Å². The standard InChI is InChI=1S/C13H10ClN3O/c14-9-4-2-1-3-7(9)8-5-17-6-10-11(8)12(15)13(16)18-10/h1-6H,15-16H2. The van der Waals surface area contributed by atoms with E-state index in [1.165, 1.54) is 0 Å². The first-order chi connectivity index (χ1) is 8.68. The number of halogens is 1. The number of furan rings is 1. The van der Waals surface area contributed by atoms with Crippen molar-refractivity contribution < 1.29 is 4.42 Å². The summed E-state index contributed by atoms with van der Waals surface area (Å²) in [5.41, 5.74) is 14.3. The van der Waals surface area contributed by atoms with E-state index < -0.39 is 0 Å². The Hall–Kier alpha value is -2.20. The van der Waals surface area contributed by atoms with Gasteiger partial charge in [-0.25, -0.2) is 0 Å². The molecule has 0 unspecified atom stereocenters. The van der Waals surface area contributed by atoms with E-state index in [-0.39, 0.29) is 5.88 Å². The minimum absolute atomic E-state index is 0.200. The van der Waals surface area contributed by atoms with Crippen LogP contribution in [0.3, 0.4) is 0 Å². The third-order valence-electron chi connectivity index (χ3n) is 2.83. The molecule has 3 aromatic rings. The van der Waals surface area contributed by atoms with E-state index in [2.05, 4.69) is 4.98 Å². The highest BCUT2D eigenvalue weighted by molar-refractivity contribution is 6.33. The molecule has 0 aliphatic rings. The highest BCUT2D eigenvalue weighted by Gasteiger charge is 2.15. The maximum Gasteiger partial charge on any atom is 0.214 e. The Balaban J connectivity index is 2.40. The number of nitrogens with two attached hydrogens (primary N) is 2. The zero-order valence-electron chi connectivity index (χ0n) is 9.35. The molecule has 1 aromatic carbocycles. The van der Waals surface area contributed by atoms with Gasteiger partial charge in [0.15, 0.2) is 5.58 Å². The first kappa shape index (κ1) is 10.9. The number of pyridine rings is 1. The van der Waals surface area contributed by atoms with E-state index in [0.29, 0.717) is 16.3 Å². The Bertz CT molecular complexity index is 736. The highest BCUT2D eigenvalue weighted by atomic mass is 35.5. The average molecular weight is 260 g/mol. The smallest absolute Gasteiger partial charge is 0.214 e. The summed E-state index contributed by atoms with van der Waals surface area (Å²) in [7, 11) is 0. The summed E-state index contributed by atoms with van der Waals surface area (Å²) in [6.07, 6.45) is 3.29. The molecule has 2 heterocycles. The molecule has 0 atom stereocenters. The van der Waals surface area contributed by atoms with Crippen molar-refractivity contribution in [2.75, 3.05) is 11.5 Å². The largest absolute Gasteiger partial charge is 0.437 e. The van der Waals surface area contributed by atoms with Crippen LogP contribution in [0.2, 0.25) is 5.02 Å². The van der Waals surface area contributed by atoms with Crippen LogP contribution in [0.5, 0.6) is 0 Å². The van der Waals surface area contributed by atoms with Gasteiger partial charge in [-0.1, -0.05) is 29.8 Å². The summed E-state index contributed by atoms with van der Waals surface area (Å²) < 4.78 is 5.35. The van der Waals surface area contributed by atoms with Crippen molar-refractivity contribution in [3.05, 3.63) is 41.7 Å². The third-order valence-corrected chi connectivity index (χ3v) is 3.16. The molecule has 4 N–H and O–H groups in total. The molecule has 0 saturated heterocycles. The predicted octanol–water partition coefficient (Wildman–Crippen LogP) is 3.31. The molecule has 90 valence electrons. The molecular formula is C13H10ClN3O. The van der Waals surface area contributed by atoms with Gasteiger partial charge in [0.05, 0.1) is 11.6 Å². The van der Waals surface area contributed by atoms with Crippen molar-refractivity contribution in [3.8, 4) is 11.1 Å². The van der Waals surface area contributed by atoms with Crippen LogP contribution in [-0.2, 0) is 0 Å². The number of fused-ring (bicyclic) bond motifs is 1. The molecule has 0 bridgehead atoms. The number of nitrogen functional groups attached to an aromatic ring is 2. The summed E-state index contributed by atoms with van der Waals surface area (Å²) in [5, 5.41) is 1.38. The van der Waals surface area contributed by atoms with Crippen molar-refractivity contribution in [1.29, 1.82) is 0 Å². The first-order valence-corrected chi connectivity index (χ1v) is 5.72. The minimum atomic E-state index is 0.200. The van der Waals surface area contributed by atoms with E-state index in [0.717, 1.165) is 16.5 Å². The summed E-state index contributed by atoms with van der Waals surface area (Å²) in [5.74, 6) is 0.200. The lowest BCUT2D eigenvalue weighted by molar-refractivity contribution is 0.637. The molecule has 0 radical (unpaired) electrons. The fourth-order valence-electron chi connectivity index (χ4n) is 1.98. The van der Waals surface area contributed by atoms with Crippen LogP contribution in [-0.4, -0.2) is 4.98 Å². The van der Waals surface area contributed by atoms with Gasteiger partial charge in [0.2, 0.25) is 5.88 Å². The molecular weight excluding hydrogens is 250 g/mol. The molecule has 0 fully saturated rings. The van der Waals surface area contributed by atoms with Gasteiger partial charge in [0.25, 0.3) is 0 Å². The monoisotopic (exact) mass is 259 g/mol. The van der Waals surface area contributed by atoms with Crippen LogP contribution < -0.4 is 11.5 Å². The topological polar surface area (TPSA) is 78.1 Å². The molecule has 18 heavy (non-hydrogen) atoms. The fraction of sp³-hybridized carbons (Fsp3) is 0. The second kappa shape index (κ2) is 3.92. The number of hydrogen-bond donors (Lipinski definition) is 2. The molecule has 2 aromatic heterocycles. The molecule has 3 rings (SSSR count). The van der Waals surface area contributed by atoms with Crippen molar-refractivity contribution in [2.24, 2.45) is 0 Å². The summed E-state index contributed by atoms with van der Waals surface area (Å²) in [4.78, 5) is 4.12. The lowest BCUT2D eigenvalue weighted by Gasteiger charge is -2.05. The molecule has 0 amide bonds. The van der Waals surface area contributed by atoms with Crippen LogP contribution in [0.15, 0.2) is 41.1 Å². The number of benzene rings is 1. The van der Waals surface area contributed by atoms with Crippen LogP contribution >= 0.6 is 11.6 Å². The fourth-order valence-corrected chi connectivity index (χ4v) is 2.21. The summed E-state index contributed by atoms with van der Waals surface area (Å²) in [6.45, 7) is 0. The van der Waals surface area contributed by atoms with Gasteiger partial charge in [-0.05, 0) is 6.07 Å². The lowest BCUT2D eigenvalue weighted by Crippen LogP contribution is -1.91. The van der Waals surface area contributed by atoms with E-state index in [1.54, 1.807) is 12.4 Å². The van der Waals surface area contributed by atoms with Crippen molar-refractivity contribution in [1.82, 2.24) is 4.98 Å². The van der Waals surface area contributed by atoms with Gasteiger partial charge in [0.1, 0.15) is 5.69 Å². The van der Waals surface area contributed by atoms with Crippen LogP contribution in [0.25, 0.3) is 22.1 Å². The number of hydrogen-bond acceptors (Lipinski definition) is 4. The maximum atomic E-state index is 6.19. The van der Waals surface area contributed by atoms with Crippen LogP contribution in [0, 0.1) is 0 Å². The van der Waals surface area contributed by atoms with Crippen LogP contribution in [0.1, 0.15) is 0 Å². The van der Waals surface area contributed by atoms with E-state index in [1.807, 2.05) is 24.3 Å². The molecule has 5 heteroatoms. The van der Waals surface area contributed by atoms with E-state index >= 15 is 0 Å². The normalized spacial score (nSPS) is 10.9. The first-order valence-electron chi connectivity index (χ1n) is 5.35. The van der Waals surface area contributed by atoms with Crippen LogP contribution in [0.4, 0.5) is 11.6 Å². The minimum Gasteiger partial charge on any atom is -0.437 e. The van der Waals surface area contributed by atoms with Crippen molar-refractivity contribution >= 4 is 34.1 Å². The number of nitrogens with zero attached hydrogens (tertiary/aromatic N) is 1. The molecule has 4 nitrogen and oxygen atoms in total. The Morgan fingerprint density at radius 3 is 2.61 bits per heavy atom. The Morgan fingerprint density at radius 2 is 1.83 bits per heavy atom. The number of rotatable bonds is 1. The van der Waals surface area contributed by atoms with Gasteiger partial charge in [-0.15, -0.1) is 0 Å². The zero-order valence-corrected chi connectivity index (χ0v) is 10.1. The lowest BCUT2D eigenvalue weighted by atomic mass is 10.0. The van der Waals surface area contributed by atoms with E-state index in [9.17, 15) is 0 Å². The van der Waals surface area contributed by atoms with Crippen molar-refractivity contribution in [2.45, 2.75) is 0 Å². The van der Waals surface area contributed by atoms with Gasteiger partial charge < -0.3 is 15.9 Å². The highest BCUT2D eigenvalue weighted by Crippen LogP contribution is 2.39. The number of anilines is 2. The number of aromatic nitrogens is 1. The van der Waals surface area contributed by atoms with Gasteiger partial charge >= 0.3 is 0 Å². The molecule has 0 aliphatic heterocycles. The zero-order chi connectivity index (χ0) is 12.7. The van der Waals surface area contributed by atoms with Gasteiger partial charge in [-0.2, -0.15) is 0 Å². The predicted molar refractivity (Wildman–Crippen MR) is 73.3 cm³/mol. The molecule has 0 spiro atoms. The molecule has 0 saturated carbocycles. The Labute approximate surface area is 108 Å². The quantitative estimate of drug-likeness (QED) is 0.703. The molecule has 0 aliphatic carbocycles. The SMILES string of the molecule is Nc1oc2cncc(-c3ccccc3Cl)c2c1N.